The number of nitriles is 1. The van der Waals surface area contributed by atoms with Crippen LogP contribution in [0.5, 0.6) is 0 Å². The van der Waals surface area contributed by atoms with Crippen LogP contribution in [0.2, 0.25) is 5.02 Å². The van der Waals surface area contributed by atoms with Gasteiger partial charge in [0.15, 0.2) is 0 Å². The quantitative estimate of drug-likeness (QED) is 0.925. The van der Waals surface area contributed by atoms with Crippen LogP contribution < -0.4 is 0 Å². The van der Waals surface area contributed by atoms with E-state index >= 15 is 0 Å². The Labute approximate surface area is 124 Å². The Morgan fingerprint density at radius 3 is 2.50 bits per heavy atom. The molecule has 0 bridgehead atoms. The van der Waals surface area contributed by atoms with Crippen molar-refractivity contribution in [3.05, 3.63) is 70.2 Å². The maximum atomic E-state index is 10.0. The summed E-state index contributed by atoms with van der Waals surface area (Å²) in [5, 5.41) is 19.7. The highest BCUT2D eigenvalue weighted by molar-refractivity contribution is 6.30. The molecule has 0 aliphatic carbocycles. The minimum absolute atomic E-state index is 0.0375. The van der Waals surface area contributed by atoms with Crippen LogP contribution in [-0.4, -0.2) is 11.2 Å². The van der Waals surface area contributed by atoms with Crippen molar-refractivity contribution in [2.45, 2.75) is 25.4 Å². The third kappa shape index (κ3) is 3.60. The van der Waals surface area contributed by atoms with Gasteiger partial charge in [0.1, 0.15) is 0 Å². The van der Waals surface area contributed by atoms with Crippen molar-refractivity contribution in [1.82, 2.24) is 0 Å². The molecule has 0 spiro atoms. The van der Waals surface area contributed by atoms with Crippen molar-refractivity contribution in [2.24, 2.45) is 0 Å². The molecule has 3 heteroatoms. The highest BCUT2D eigenvalue weighted by atomic mass is 35.5. The van der Waals surface area contributed by atoms with Gasteiger partial charge in [-0.15, -0.1) is 0 Å². The van der Waals surface area contributed by atoms with Gasteiger partial charge in [0.25, 0.3) is 0 Å². The summed E-state index contributed by atoms with van der Waals surface area (Å²) < 4.78 is 0. The molecule has 2 rings (SSSR count). The van der Waals surface area contributed by atoms with Crippen molar-refractivity contribution in [2.75, 3.05) is 0 Å². The van der Waals surface area contributed by atoms with Crippen LogP contribution in [0, 0.1) is 11.3 Å². The lowest BCUT2D eigenvalue weighted by Crippen LogP contribution is -2.17. The first kappa shape index (κ1) is 14.6. The van der Waals surface area contributed by atoms with E-state index in [1.807, 2.05) is 42.5 Å². The second-order valence-electron chi connectivity index (χ2n) is 4.91. The summed E-state index contributed by atoms with van der Waals surface area (Å²) in [6, 6.07) is 17.2. The molecule has 0 heterocycles. The summed E-state index contributed by atoms with van der Waals surface area (Å²) in [6.45, 7) is 1.78. The molecule has 0 unspecified atom stereocenters. The van der Waals surface area contributed by atoms with Crippen LogP contribution in [0.3, 0.4) is 0 Å². The number of aliphatic hydroxyl groups excluding tert-OH is 1. The average Bonchev–Trinajstić information content (AvgIpc) is 2.46. The number of benzene rings is 2. The normalized spacial score (nSPS) is 13.5. The smallest absolute Gasteiger partial charge is 0.0991 e. The Kier molecular flexibility index (Phi) is 4.79. The van der Waals surface area contributed by atoms with E-state index in [9.17, 15) is 5.11 Å². The maximum Gasteiger partial charge on any atom is 0.0991 e. The van der Waals surface area contributed by atoms with E-state index in [1.165, 1.54) is 0 Å². The highest BCUT2D eigenvalue weighted by Gasteiger charge is 2.18. The first-order chi connectivity index (χ1) is 9.60. The van der Waals surface area contributed by atoms with Gasteiger partial charge in [-0.05, 0) is 48.7 Å². The standard InChI is InChI=1S/C17H16ClNO/c1-12(20)17(10-13-5-7-16(18)8-6-13)15-4-2-3-14(9-15)11-19/h2-9,12,17,20H,10H2,1H3/t12-,17+/m0/s1. The number of hydrogen-bond donors (Lipinski definition) is 1. The van der Waals surface area contributed by atoms with Gasteiger partial charge in [-0.2, -0.15) is 5.26 Å². The Morgan fingerprint density at radius 2 is 1.90 bits per heavy atom. The van der Waals surface area contributed by atoms with Crippen LogP contribution >= 0.6 is 11.6 Å². The molecule has 2 aromatic rings. The molecule has 0 aromatic heterocycles. The summed E-state index contributed by atoms with van der Waals surface area (Å²) in [5.74, 6) is -0.0375. The highest BCUT2D eigenvalue weighted by Crippen LogP contribution is 2.26. The Morgan fingerprint density at radius 1 is 1.20 bits per heavy atom. The molecule has 2 atom stereocenters. The van der Waals surface area contributed by atoms with E-state index in [-0.39, 0.29) is 5.92 Å². The van der Waals surface area contributed by atoms with Crippen molar-refractivity contribution < 1.29 is 5.11 Å². The topological polar surface area (TPSA) is 44.0 Å². The van der Waals surface area contributed by atoms with Gasteiger partial charge in [-0.1, -0.05) is 35.9 Å². The third-order valence-corrected chi connectivity index (χ3v) is 3.65. The summed E-state index contributed by atoms with van der Waals surface area (Å²) in [5.41, 5.74) is 2.71. The Balaban J connectivity index is 2.27. The molecule has 0 radical (unpaired) electrons. The van der Waals surface area contributed by atoms with E-state index in [0.29, 0.717) is 17.0 Å². The number of hydrogen-bond acceptors (Lipinski definition) is 2. The lowest BCUT2D eigenvalue weighted by Gasteiger charge is -2.21. The number of rotatable bonds is 4. The fourth-order valence-corrected chi connectivity index (χ4v) is 2.41. The molecule has 102 valence electrons. The van der Waals surface area contributed by atoms with E-state index in [0.717, 1.165) is 11.1 Å². The number of halogens is 1. The number of nitrogens with zero attached hydrogens (tertiary/aromatic N) is 1. The molecule has 0 saturated carbocycles. The average molecular weight is 286 g/mol. The molecule has 0 fully saturated rings. The van der Waals surface area contributed by atoms with Crippen LogP contribution in [0.1, 0.15) is 29.5 Å². The zero-order chi connectivity index (χ0) is 14.5. The van der Waals surface area contributed by atoms with Gasteiger partial charge in [-0.25, -0.2) is 0 Å². The van der Waals surface area contributed by atoms with Gasteiger partial charge in [0.2, 0.25) is 0 Å². The van der Waals surface area contributed by atoms with Gasteiger partial charge in [-0.3, -0.25) is 0 Å². The molecular formula is C17H16ClNO. The molecule has 20 heavy (non-hydrogen) atoms. The lowest BCUT2D eigenvalue weighted by molar-refractivity contribution is 0.161. The van der Waals surface area contributed by atoms with Crippen LogP contribution in [0.4, 0.5) is 0 Å². The van der Waals surface area contributed by atoms with E-state index < -0.39 is 6.10 Å². The van der Waals surface area contributed by atoms with Crippen molar-refractivity contribution in [3.63, 3.8) is 0 Å². The zero-order valence-corrected chi connectivity index (χ0v) is 12.0. The molecule has 1 N–H and O–H groups in total. The molecule has 0 aliphatic heterocycles. The van der Waals surface area contributed by atoms with Gasteiger partial charge < -0.3 is 5.11 Å². The molecular weight excluding hydrogens is 270 g/mol. The predicted molar refractivity (Wildman–Crippen MR) is 80.7 cm³/mol. The second-order valence-corrected chi connectivity index (χ2v) is 5.35. The fraction of sp³-hybridized carbons (Fsp3) is 0.235. The van der Waals surface area contributed by atoms with Crippen LogP contribution in [0.15, 0.2) is 48.5 Å². The van der Waals surface area contributed by atoms with E-state index in [1.54, 1.807) is 13.0 Å². The minimum Gasteiger partial charge on any atom is -0.393 e. The second kappa shape index (κ2) is 6.56. The SMILES string of the molecule is C[C@H](O)[C@@H](Cc1ccc(Cl)cc1)c1cccc(C#N)c1. The third-order valence-electron chi connectivity index (χ3n) is 3.40. The summed E-state index contributed by atoms with van der Waals surface area (Å²) in [6.07, 6.45) is 0.226. The molecule has 0 amide bonds. The minimum atomic E-state index is -0.486. The lowest BCUT2D eigenvalue weighted by atomic mass is 9.87. The first-order valence-electron chi connectivity index (χ1n) is 6.52. The van der Waals surface area contributed by atoms with Crippen molar-refractivity contribution >= 4 is 11.6 Å². The van der Waals surface area contributed by atoms with Gasteiger partial charge in [0, 0.05) is 10.9 Å². The Bertz CT molecular complexity index is 614. The maximum absolute atomic E-state index is 10.0. The first-order valence-corrected chi connectivity index (χ1v) is 6.90. The van der Waals surface area contributed by atoms with Crippen LogP contribution in [-0.2, 0) is 6.42 Å². The monoisotopic (exact) mass is 285 g/mol. The van der Waals surface area contributed by atoms with E-state index in [2.05, 4.69) is 6.07 Å². The summed E-state index contributed by atoms with van der Waals surface area (Å²) in [4.78, 5) is 0. The molecule has 0 saturated heterocycles. The van der Waals surface area contributed by atoms with Crippen molar-refractivity contribution in [1.29, 1.82) is 5.26 Å². The van der Waals surface area contributed by atoms with Gasteiger partial charge >= 0.3 is 0 Å². The number of aliphatic hydroxyl groups is 1. The predicted octanol–water partition coefficient (Wildman–Crippen LogP) is 3.92. The molecule has 2 nitrogen and oxygen atoms in total. The summed E-state index contributed by atoms with van der Waals surface area (Å²) in [7, 11) is 0. The fourth-order valence-electron chi connectivity index (χ4n) is 2.28. The van der Waals surface area contributed by atoms with Crippen LogP contribution in [0.25, 0.3) is 0 Å². The zero-order valence-electron chi connectivity index (χ0n) is 11.3. The molecule has 2 aromatic carbocycles. The van der Waals surface area contributed by atoms with E-state index in [4.69, 9.17) is 16.9 Å². The van der Waals surface area contributed by atoms with Gasteiger partial charge in [0.05, 0.1) is 17.7 Å². The largest absolute Gasteiger partial charge is 0.393 e. The Hall–Kier alpha value is -1.82. The molecule has 0 aliphatic rings. The van der Waals surface area contributed by atoms with Crippen molar-refractivity contribution in [3.8, 4) is 6.07 Å². The summed E-state index contributed by atoms with van der Waals surface area (Å²) >= 11 is 5.88.